The van der Waals surface area contributed by atoms with Gasteiger partial charge in [-0.1, -0.05) is 50.2 Å². The maximum absolute atomic E-state index is 13.3. The van der Waals surface area contributed by atoms with E-state index in [-0.39, 0.29) is 11.9 Å². The molecule has 8 heteroatoms. The van der Waals surface area contributed by atoms with Gasteiger partial charge in [0.2, 0.25) is 5.91 Å². The summed E-state index contributed by atoms with van der Waals surface area (Å²) in [5.41, 5.74) is 3.38. The van der Waals surface area contributed by atoms with Crippen LogP contribution < -0.4 is 10.6 Å². The number of sulfone groups is 1. The zero-order valence-corrected chi connectivity index (χ0v) is 23.2. The van der Waals surface area contributed by atoms with E-state index in [1.165, 1.54) is 6.26 Å². The molecule has 194 valence electrons. The van der Waals surface area contributed by atoms with Crippen molar-refractivity contribution in [1.29, 1.82) is 5.26 Å². The molecule has 0 bridgehead atoms. The van der Waals surface area contributed by atoms with Crippen LogP contribution in [-0.4, -0.2) is 32.2 Å². The molecule has 37 heavy (non-hydrogen) atoms. The Labute approximate surface area is 223 Å². The Hall–Kier alpha value is -2.99. The average molecular weight is 536 g/mol. The van der Waals surface area contributed by atoms with Crippen molar-refractivity contribution >= 4 is 27.1 Å². The number of carbonyl (C=O) groups is 1. The van der Waals surface area contributed by atoms with Gasteiger partial charge in [0.25, 0.3) is 0 Å². The molecule has 1 saturated carbocycles. The second-order valence-corrected chi connectivity index (χ2v) is 13.3. The third kappa shape index (κ3) is 6.48. The quantitative estimate of drug-likeness (QED) is 0.363. The summed E-state index contributed by atoms with van der Waals surface area (Å²) in [4.78, 5) is 14.7. The predicted octanol–water partition coefficient (Wildman–Crippen LogP) is 5.39. The van der Waals surface area contributed by atoms with Gasteiger partial charge in [-0.3, -0.25) is 10.1 Å². The van der Waals surface area contributed by atoms with Crippen LogP contribution in [0.5, 0.6) is 0 Å². The molecule has 6 nitrogen and oxygen atoms in total. The Kier molecular flexibility index (Phi) is 7.88. The Morgan fingerprint density at radius 2 is 1.65 bits per heavy atom. The van der Waals surface area contributed by atoms with Gasteiger partial charge in [0.15, 0.2) is 9.84 Å². The van der Waals surface area contributed by atoms with Gasteiger partial charge in [-0.15, -0.1) is 11.3 Å². The van der Waals surface area contributed by atoms with Gasteiger partial charge >= 0.3 is 0 Å². The fraction of sp³-hybridized carbons (Fsp3) is 0.379. The van der Waals surface area contributed by atoms with E-state index in [1.807, 2.05) is 24.3 Å². The van der Waals surface area contributed by atoms with Crippen LogP contribution in [0.25, 0.3) is 11.1 Å². The fourth-order valence-electron chi connectivity index (χ4n) is 4.40. The van der Waals surface area contributed by atoms with Crippen molar-refractivity contribution in [3.8, 4) is 17.2 Å². The van der Waals surface area contributed by atoms with Gasteiger partial charge in [0.1, 0.15) is 5.54 Å². The molecule has 3 aromatic rings. The lowest BCUT2D eigenvalue weighted by Crippen LogP contribution is -2.50. The number of aryl methyl sites for hydroxylation is 1. The molecule has 2 aromatic carbocycles. The first kappa shape index (κ1) is 27.1. The summed E-state index contributed by atoms with van der Waals surface area (Å²) in [6.07, 6.45) is 3.25. The monoisotopic (exact) mass is 535 g/mol. The van der Waals surface area contributed by atoms with E-state index in [1.54, 1.807) is 23.5 Å². The molecule has 1 unspecified atom stereocenters. The lowest BCUT2D eigenvalue weighted by atomic mass is 9.96. The minimum Gasteiger partial charge on any atom is -0.336 e. The summed E-state index contributed by atoms with van der Waals surface area (Å²) in [5, 5.41) is 18.1. The topological polar surface area (TPSA) is 99.1 Å². The maximum Gasteiger partial charge on any atom is 0.238 e. The molecule has 1 aliphatic rings. The van der Waals surface area contributed by atoms with Crippen LogP contribution >= 0.6 is 11.3 Å². The van der Waals surface area contributed by atoms with Gasteiger partial charge in [-0.2, -0.15) is 5.26 Å². The van der Waals surface area contributed by atoms with Gasteiger partial charge in [0, 0.05) is 11.1 Å². The van der Waals surface area contributed by atoms with Crippen LogP contribution in [0.1, 0.15) is 55.2 Å². The van der Waals surface area contributed by atoms with Crippen molar-refractivity contribution in [2.45, 2.75) is 62.6 Å². The van der Waals surface area contributed by atoms with Gasteiger partial charge in [0.05, 0.1) is 23.0 Å². The SMILES string of the molecule is Cc1ccsc1[C@@H](NC(CC(C)C)C(=O)NC1(C#N)CC1)c1ccc(-c2ccc(S(C)(=O)=O)cc2)cc1. The summed E-state index contributed by atoms with van der Waals surface area (Å²) in [6, 6.07) is 18.7. The molecular formula is C29H33N3O3S2. The Morgan fingerprint density at radius 1 is 1.05 bits per heavy atom. The average Bonchev–Trinajstić information content (AvgIpc) is 3.51. The van der Waals surface area contributed by atoms with E-state index in [0.717, 1.165) is 27.1 Å². The van der Waals surface area contributed by atoms with Crippen LogP contribution in [0.15, 0.2) is 64.9 Å². The summed E-state index contributed by atoms with van der Waals surface area (Å²) >= 11 is 1.66. The number of amides is 1. The minimum absolute atomic E-state index is 0.130. The third-order valence-corrected chi connectivity index (χ3v) is 8.95. The van der Waals surface area contributed by atoms with Crippen molar-refractivity contribution in [2.24, 2.45) is 5.92 Å². The van der Waals surface area contributed by atoms with E-state index in [2.05, 4.69) is 61.1 Å². The summed E-state index contributed by atoms with van der Waals surface area (Å²) in [5.74, 6) is 0.164. The summed E-state index contributed by atoms with van der Waals surface area (Å²) < 4.78 is 23.6. The molecule has 0 saturated heterocycles. The van der Waals surface area contributed by atoms with Crippen LogP contribution in [-0.2, 0) is 14.6 Å². The first-order chi connectivity index (χ1) is 17.5. The number of nitrogens with one attached hydrogen (secondary N) is 2. The number of benzene rings is 2. The first-order valence-corrected chi connectivity index (χ1v) is 15.2. The number of rotatable bonds is 10. The lowest BCUT2D eigenvalue weighted by molar-refractivity contribution is -0.124. The second kappa shape index (κ2) is 10.8. The number of nitrogens with zero attached hydrogens (tertiary/aromatic N) is 1. The molecule has 1 aromatic heterocycles. The van der Waals surface area contributed by atoms with Gasteiger partial charge in [-0.05, 0) is 77.9 Å². The highest BCUT2D eigenvalue weighted by atomic mass is 32.2. The lowest BCUT2D eigenvalue weighted by Gasteiger charge is -2.28. The minimum atomic E-state index is -3.24. The maximum atomic E-state index is 13.3. The van der Waals surface area contributed by atoms with Crippen LogP contribution in [0.4, 0.5) is 0 Å². The predicted molar refractivity (Wildman–Crippen MR) is 148 cm³/mol. The molecule has 2 atom stereocenters. The first-order valence-electron chi connectivity index (χ1n) is 12.4. The molecule has 0 radical (unpaired) electrons. The Balaban J connectivity index is 1.62. The molecule has 0 aliphatic heterocycles. The van der Waals surface area contributed by atoms with Gasteiger partial charge < -0.3 is 5.32 Å². The van der Waals surface area contributed by atoms with E-state index in [0.29, 0.717) is 30.1 Å². The normalized spacial score (nSPS) is 16.1. The molecule has 0 spiro atoms. The zero-order chi connectivity index (χ0) is 26.8. The largest absolute Gasteiger partial charge is 0.336 e. The Bertz CT molecular complexity index is 1400. The molecule has 1 heterocycles. The van der Waals surface area contributed by atoms with Crippen molar-refractivity contribution in [3.05, 3.63) is 76.0 Å². The fourth-order valence-corrected chi connectivity index (χ4v) is 6.05. The molecule has 2 N–H and O–H groups in total. The zero-order valence-electron chi connectivity index (χ0n) is 21.6. The van der Waals surface area contributed by atoms with E-state index in [9.17, 15) is 18.5 Å². The second-order valence-electron chi connectivity index (χ2n) is 10.4. The van der Waals surface area contributed by atoms with Crippen molar-refractivity contribution in [2.75, 3.05) is 6.26 Å². The Morgan fingerprint density at radius 3 is 2.11 bits per heavy atom. The standard InChI is InChI=1S/C29H33N3O3S2/c1-19(2)17-25(28(33)32-29(18-30)14-15-29)31-26(27-20(3)13-16-36-27)23-7-5-21(6-8-23)22-9-11-24(12-10-22)37(4,34)35/h5-13,16,19,25-26,31H,14-15,17H2,1-4H3,(H,32,33)/t25?,26-/m0/s1. The van der Waals surface area contributed by atoms with Crippen molar-refractivity contribution in [3.63, 3.8) is 0 Å². The van der Waals surface area contributed by atoms with Crippen LogP contribution in [0.3, 0.4) is 0 Å². The highest BCUT2D eigenvalue weighted by Crippen LogP contribution is 2.35. The van der Waals surface area contributed by atoms with E-state index >= 15 is 0 Å². The van der Waals surface area contributed by atoms with Crippen LogP contribution in [0.2, 0.25) is 0 Å². The van der Waals surface area contributed by atoms with Crippen molar-refractivity contribution < 1.29 is 13.2 Å². The van der Waals surface area contributed by atoms with Crippen LogP contribution in [0, 0.1) is 24.2 Å². The number of hydrogen-bond donors (Lipinski definition) is 2. The molecule has 4 rings (SSSR count). The van der Waals surface area contributed by atoms with E-state index in [4.69, 9.17) is 0 Å². The smallest absolute Gasteiger partial charge is 0.238 e. The van der Waals surface area contributed by atoms with E-state index < -0.39 is 21.4 Å². The number of thiophene rings is 1. The highest BCUT2D eigenvalue weighted by molar-refractivity contribution is 7.90. The highest BCUT2D eigenvalue weighted by Gasteiger charge is 2.45. The van der Waals surface area contributed by atoms with Gasteiger partial charge in [-0.25, -0.2) is 8.42 Å². The summed E-state index contributed by atoms with van der Waals surface area (Å²) in [6.45, 7) is 6.26. The number of hydrogen-bond acceptors (Lipinski definition) is 6. The molecule has 1 fully saturated rings. The third-order valence-electron chi connectivity index (χ3n) is 6.74. The number of nitriles is 1. The van der Waals surface area contributed by atoms with Crippen molar-refractivity contribution in [1.82, 2.24) is 10.6 Å². The molecule has 1 amide bonds. The molecular weight excluding hydrogens is 502 g/mol. The molecule has 1 aliphatic carbocycles. The number of carbonyl (C=O) groups excluding carboxylic acids is 1. The summed E-state index contributed by atoms with van der Waals surface area (Å²) in [7, 11) is -3.24.